The first-order chi connectivity index (χ1) is 11.9. The van der Waals surface area contributed by atoms with E-state index in [9.17, 15) is 18.0 Å². The normalized spacial score (nSPS) is 11.4. The van der Waals surface area contributed by atoms with E-state index in [0.29, 0.717) is 11.3 Å². The molecule has 0 radical (unpaired) electrons. The molecule has 3 N–H and O–H groups in total. The van der Waals surface area contributed by atoms with Gasteiger partial charge < -0.3 is 11.1 Å². The van der Waals surface area contributed by atoms with Gasteiger partial charge in [0, 0.05) is 17.8 Å². The highest BCUT2D eigenvalue weighted by atomic mass is 19.4. The molecule has 0 unspecified atom stereocenters. The number of aryl methyl sites for hydroxylation is 1. The van der Waals surface area contributed by atoms with E-state index in [1.165, 1.54) is 24.5 Å². The second-order valence-electron chi connectivity index (χ2n) is 6.79. The molecule has 0 spiro atoms. The molecule has 1 aromatic heterocycles. The lowest BCUT2D eigenvalue weighted by molar-refractivity contribution is -0.137. The Labute approximate surface area is 150 Å². The summed E-state index contributed by atoms with van der Waals surface area (Å²) < 4.78 is 37.7. The number of aromatic nitrogens is 2. The van der Waals surface area contributed by atoms with Gasteiger partial charge in [0.25, 0.3) is 5.91 Å². The van der Waals surface area contributed by atoms with E-state index < -0.39 is 17.6 Å². The molecule has 142 valence electrons. The molecule has 1 amide bonds. The van der Waals surface area contributed by atoms with Crippen LogP contribution < -0.4 is 11.1 Å². The van der Waals surface area contributed by atoms with Crippen LogP contribution in [0.1, 0.15) is 48.1 Å². The van der Waals surface area contributed by atoms with Crippen LogP contribution in [0.3, 0.4) is 0 Å². The summed E-state index contributed by atoms with van der Waals surface area (Å²) in [5, 5.41) is 2.52. The monoisotopic (exact) mass is 368 g/mol. The molecule has 8 heteroatoms. The molecular weight excluding hydrogens is 345 g/mol. The van der Waals surface area contributed by atoms with Gasteiger partial charge in [0.2, 0.25) is 0 Å². The third-order valence-electron chi connectivity index (χ3n) is 2.74. The number of benzene rings is 1. The molecule has 0 fully saturated rings. The molecule has 26 heavy (non-hydrogen) atoms. The minimum absolute atomic E-state index is 0. The summed E-state index contributed by atoms with van der Waals surface area (Å²) >= 11 is 0. The average molecular weight is 368 g/mol. The predicted molar refractivity (Wildman–Crippen MR) is 93.3 cm³/mol. The summed E-state index contributed by atoms with van der Waals surface area (Å²) in [6.07, 6.45) is -3.14. The molecule has 0 aliphatic rings. The summed E-state index contributed by atoms with van der Waals surface area (Å²) in [5.41, 5.74) is 5.78. The van der Waals surface area contributed by atoms with Crippen molar-refractivity contribution >= 4 is 5.91 Å². The van der Waals surface area contributed by atoms with Crippen LogP contribution in [0.25, 0.3) is 0 Å². The summed E-state index contributed by atoms with van der Waals surface area (Å²) in [4.78, 5) is 19.5. The smallest absolute Gasteiger partial charge is 0.347 e. The first-order valence-corrected chi connectivity index (χ1v) is 7.88. The number of carbonyl (C=O) groups excluding carboxylic acids is 1. The number of carbonyl (C=O) groups is 1. The zero-order chi connectivity index (χ0) is 20.0. The van der Waals surface area contributed by atoms with Crippen molar-refractivity contribution in [2.75, 3.05) is 0 Å². The zero-order valence-electron chi connectivity index (χ0n) is 15.2. The Morgan fingerprint density at radius 2 is 1.77 bits per heavy atom. The van der Waals surface area contributed by atoms with Crippen LogP contribution in [0.2, 0.25) is 0 Å². The molecular formula is C18H23F3N4O. The van der Waals surface area contributed by atoms with E-state index in [4.69, 9.17) is 5.73 Å². The van der Waals surface area contributed by atoms with Crippen LogP contribution in [-0.4, -0.2) is 21.4 Å². The van der Waals surface area contributed by atoms with Crippen molar-refractivity contribution in [3.05, 3.63) is 59.2 Å². The molecule has 0 aliphatic carbocycles. The third kappa shape index (κ3) is 8.57. The molecule has 0 saturated heterocycles. The first kappa shape index (κ1) is 21.6. The highest BCUT2D eigenvalue weighted by Gasteiger charge is 2.30. The van der Waals surface area contributed by atoms with Gasteiger partial charge in [-0.25, -0.2) is 9.97 Å². The van der Waals surface area contributed by atoms with E-state index in [1.54, 1.807) is 6.92 Å². The maximum absolute atomic E-state index is 12.6. The number of hydrogen-bond acceptors (Lipinski definition) is 4. The number of nitrogens with zero attached hydrogens (tertiary/aromatic N) is 2. The number of halogens is 3. The lowest BCUT2D eigenvalue weighted by atomic mass is 10.1. The standard InChI is InChI=1S/C14H12F3N3O.C4H11N/c1-9-5-12(20-8-19-9)13(21)18-7-10-3-2-4-11(6-10)14(15,16)17;1-4(2,3)5/h2-6,8H,7H2,1H3,(H,18,21);5H2,1-3H3. The van der Waals surface area contributed by atoms with Crippen LogP contribution in [0, 0.1) is 6.92 Å². The van der Waals surface area contributed by atoms with Crippen LogP contribution >= 0.6 is 0 Å². The van der Waals surface area contributed by atoms with Gasteiger partial charge in [-0.3, -0.25) is 4.79 Å². The lowest BCUT2D eigenvalue weighted by Gasteiger charge is -2.09. The number of alkyl halides is 3. The molecule has 0 saturated carbocycles. The molecule has 1 aromatic carbocycles. The fourth-order valence-corrected chi connectivity index (χ4v) is 1.71. The van der Waals surface area contributed by atoms with Gasteiger partial charge in [-0.15, -0.1) is 0 Å². The highest BCUT2D eigenvalue weighted by molar-refractivity contribution is 5.92. The largest absolute Gasteiger partial charge is 0.416 e. The van der Waals surface area contributed by atoms with Crippen LogP contribution in [0.15, 0.2) is 36.7 Å². The van der Waals surface area contributed by atoms with Crippen molar-refractivity contribution in [2.24, 2.45) is 5.73 Å². The number of rotatable bonds is 3. The van der Waals surface area contributed by atoms with Gasteiger partial charge in [0.15, 0.2) is 0 Å². The minimum atomic E-state index is -4.40. The van der Waals surface area contributed by atoms with E-state index in [1.807, 2.05) is 20.8 Å². The summed E-state index contributed by atoms with van der Waals surface area (Å²) in [6.45, 7) is 7.60. The van der Waals surface area contributed by atoms with Crippen molar-refractivity contribution in [3.63, 3.8) is 0 Å². The predicted octanol–water partition coefficient (Wildman–Crippen LogP) is 3.48. The maximum Gasteiger partial charge on any atom is 0.416 e. The third-order valence-corrected chi connectivity index (χ3v) is 2.74. The van der Waals surface area contributed by atoms with Crippen molar-refractivity contribution in [3.8, 4) is 0 Å². The van der Waals surface area contributed by atoms with Crippen molar-refractivity contribution in [1.29, 1.82) is 0 Å². The van der Waals surface area contributed by atoms with Crippen molar-refractivity contribution in [1.82, 2.24) is 15.3 Å². The maximum atomic E-state index is 12.6. The van der Waals surface area contributed by atoms with Gasteiger partial charge in [-0.2, -0.15) is 13.2 Å². The molecule has 2 aromatic rings. The van der Waals surface area contributed by atoms with Gasteiger partial charge in [-0.1, -0.05) is 12.1 Å². The SMILES string of the molecule is CC(C)(C)N.Cc1cc(C(=O)NCc2cccc(C(F)(F)F)c2)ncn1. The quantitative estimate of drug-likeness (QED) is 0.869. The molecule has 1 heterocycles. The minimum Gasteiger partial charge on any atom is -0.347 e. The Kier molecular flexibility index (Phi) is 7.26. The summed E-state index contributed by atoms with van der Waals surface area (Å²) in [7, 11) is 0. The highest BCUT2D eigenvalue weighted by Crippen LogP contribution is 2.29. The van der Waals surface area contributed by atoms with Crippen LogP contribution in [-0.2, 0) is 12.7 Å². The van der Waals surface area contributed by atoms with Gasteiger partial charge in [-0.05, 0) is 51.5 Å². The van der Waals surface area contributed by atoms with Gasteiger partial charge >= 0.3 is 6.18 Å². The Morgan fingerprint density at radius 1 is 1.15 bits per heavy atom. The van der Waals surface area contributed by atoms with E-state index >= 15 is 0 Å². The van der Waals surface area contributed by atoms with E-state index in [-0.39, 0.29) is 17.8 Å². The number of amides is 1. The number of nitrogens with two attached hydrogens (primary N) is 1. The molecule has 2 rings (SSSR count). The summed E-state index contributed by atoms with van der Waals surface area (Å²) in [5.74, 6) is -0.460. The van der Waals surface area contributed by atoms with E-state index in [0.717, 1.165) is 12.1 Å². The molecule has 5 nitrogen and oxygen atoms in total. The van der Waals surface area contributed by atoms with Crippen molar-refractivity contribution in [2.45, 2.75) is 46.0 Å². The van der Waals surface area contributed by atoms with Crippen molar-refractivity contribution < 1.29 is 18.0 Å². The Bertz CT molecular complexity index is 734. The van der Waals surface area contributed by atoms with E-state index in [2.05, 4.69) is 15.3 Å². The average Bonchev–Trinajstić information content (AvgIpc) is 2.50. The van der Waals surface area contributed by atoms with Gasteiger partial charge in [0.1, 0.15) is 12.0 Å². The topological polar surface area (TPSA) is 80.9 Å². The number of nitrogens with one attached hydrogen (secondary N) is 1. The lowest BCUT2D eigenvalue weighted by Crippen LogP contribution is -2.26. The fourth-order valence-electron chi connectivity index (χ4n) is 1.71. The van der Waals surface area contributed by atoms with Crippen LogP contribution in [0.5, 0.6) is 0 Å². The molecule has 0 aliphatic heterocycles. The molecule has 0 atom stereocenters. The Balaban J connectivity index is 0.000000597. The fraction of sp³-hybridized carbons (Fsp3) is 0.389. The molecule has 0 bridgehead atoms. The van der Waals surface area contributed by atoms with Gasteiger partial charge in [0.05, 0.1) is 5.56 Å². The van der Waals surface area contributed by atoms with Crippen LogP contribution in [0.4, 0.5) is 13.2 Å². The zero-order valence-corrected chi connectivity index (χ0v) is 15.2. The number of hydrogen-bond donors (Lipinski definition) is 2. The first-order valence-electron chi connectivity index (χ1n) is 7.88. The Morgan fingerprint density at radius 3 is 2.31 bits per heavy atom. The second kappa shape index (κ2) is 8.75. The Hall–Kier alpha value is -2.48. The second-order valence-corrected chi connectivity index (χ2v) is 6.79. The summed E-state index contributed by atoms with van der Waals surface area (Å²) in [6, 6.07) is 6.31.